The number of hydrogen-bond donors (Lipinski definition) is 3. The Balaban J connectivity index is 1.64. The van der Waals surface area contributed by atoms with Crippen LogP contribution >= 0.6 is 0 Å². The maximum atomic E-state index is 15.4. The second-order valence-corrected chi connectivity index (χ2v) is 9.39. The standard InChI is InChI=1S/C29H32F2N2O3/c30-16-26(32)25-10-5-9-24(29(25)31)22-12-20(13-23(14-22)33-17-19-6-1-2-7-19)18-36-27-11-4-3-8-21(27)15-28(34)35/h3-5,8-14,19,26,33H,1-2,6-7,15-18,32H2,(H,34,35). The molecule has 0 aromatic heterocycles. The molecule has 1 aliphatic rings. The van der Waals surface area contributed by atoms with Gasteiger partial charge in [0, 0.05) is 28.9 Å². The lowest BCUT2D eigenvalue weighted by Gasteiger charge is -2.17. The summed E-state index contributed by atoms with van der Waals surface area (Å²) in [6, 6.07) is 16.5. The number of benzene rings is 3. The maximum absolute atomic E-state index is 15.4. The number of aliphatic carboxylic acids is 1. The monoisotopic (exact) mass is 494 g/mol. The van der Waals surface area contributed by atoms with Crippen LogP contribution in [-0.2, 0) is 17.8 Å². The van der Waals surface area contributed by atoms with E-state index in [2.05, 4.69) is 5.32 Å². The Bertz CT molecular complexity index is 1190. The second kappa shape index (κ2) is 12.0. The number of carbonyl (C=O) groups is 1. The molecular weight excluding hydrogens is 462 g/mol. The summed E-state index contributed by atoms with van der Waals surface area (Å²) in [7, 11) is 0. The molecule has 1 saturated carbocycles. The third-order valence-corrected chi connectivity index (χ3v) is 6.68. The first-order chi connectivity index (χ1) is 17.4. The van der Waals surface area contributed by atoms with Crippen LogP contribution in [0.2, 0.25) is 0 Å². The van der Waals surface area contributed by atoms with Crippen LogP contribution in [0.5, 0.6) is 5.75 Å². The molecule has 0 radical (unpaired) electrons. The van der Waals surface area contributed by atoms with E-state index in [9.17, 15) is 14.3 Å². The van der Waals surface area contributed by atoms with E-state index in [1.807, 2.05) is 18.2 Å². The van der Waals surface area contributed by atoms with E-state index >= 15 is 4.39 Å². The molecule has 190 valence electrons. The lowest BCUT2D eigenvalue weighted by atomic mass is 9.97. The zero-order valence-corrected chi connectivity index (χ0v) is 20.2. The van der Waals surface area contributed by atoms with Crippen LogP contribution < -0.4 is 15.8 Å². The molecule has 36 heavy (non-hydrogen) atoms. The van der Waals surface area contributed by atoms with Crippen molar-refractivity contribution in [2.45, 2.75) is 44.8 Å². The topological polar surface area (TPSA) is 84.6 Å². The van der Waals surface area contributed by atoms with Gasteiger partial charge >= 0.3 is 5.97 Å². The van der Waals surface area contributed by atoms with E-state index in [4.69, 9.17) is 10.5 Å². The van der Waals surface area contributed by atoms with Crippen LogP contribution in [0.15, 0.2) is 60.7 Å². The zero-order chi connectivity index (χ0) is 25.5. The highest BCUT2D eigenvalue weighted by molar-refractivity contribution is 5.72. The average molecular weight is 495 g/mol. The van der Waals surface area contributed by atoms with Gasteiger partial charge in [0.2, 0.25) is 0 Å². The summed E-state index contributed by atoms with van der Waals surface area (Å²) in [5, 5.41) is 12.7. The highest BCUT2D eigenvalue weighted by Crippen LogP contribution is 2.32. The third kappa shape index (κ3) is 6.40. The number of carboxylic acids is 1. The van der Waals surface area contributed by atoms with Gasteiger partial charge in [0.25, 0.3) is 0 Å². The number of halogens is 2. The predicted octanol–water partition coefficient (Wildman–Crippen LogP) is 6.27. The fourth-order valence-electron chi connectivity index (χ4n) is 4.77. The van der Waals surface area contributed by atoms with Gasteiger partial charge in [-0.15, -0.1) is 0 Å². The van der Waals surface area contributed by atoms with Crippen molar-refractivity contribution in [3.63, 3.8) is 0 Å². The van der Waals surface area contributed by atoms with Crippen molar-refractivity contribution < 1.29 is 23.4 Å². The van der Waals surface area contributed by atoms with Gasteiger partial charge in [-0.05, 0) is 54.2 Å². The van der Waals surface area contributed by atoms with Crippen molar-refractivity contribution in [1.29, 1.82) is 0 Å². The van der Waals surface area contributed by atoms with E-state index in [0.29, 0.717) is 28.4 Å². The molecular formula is C29H32F2N2O3. The van der Waals surface area contributed by atoms with Gasteiger partial charge in [-0.25, -0.2) is 8.78 Å². The summed E-state index contributed by atoms with van der Waals surface area (Å²) >= 11 is 0. The van der Waals surface area contributed by atoms with Gasteiger partial charge in [-0.2, -0.15) is 0 Å². The molecule has 0 aliphatic heterocycles. The van der Waals surface area contributed by atoms with Crippen LogP contribution in [0.4, 0.5) is 14.5 Å². The van der Waals surface area contributed by atoms with Gasteiger partial charge < -0.3 is 20.9 Å². The third-order valence-electron chi connectivity index (χ3n) is 6.68. The van der Waals surface area contributed by atoms with Crippen molar-refractivity contribution >= 4 is 11.7 Å². The van der Waals surface area contributed by atoms with E-state index in [-0.39, 0.29) is 18.6 Å². The minimum absolute atomic E-state index is 0.139. The first-order valence-electron chi connectivity index (χ1n) is 12.3. The lowest BCUT2D eigenvalue weighted by Crippen LogP contribution is -2.14. The molecule has 0 heterocycles. The molecule has 3 aromatic rings. The molecule has 0 spiro atoms. The first-order valence-corrected chi connectivity index (χ1v) is 12.3. The number of alkyl halides is 1. The molecule has 7 heteroatoms. The summed E-state index contributed by atoms with van der Waals surface area (Å²) in [5.41, 5.74) is 9.13. The largest absolute Gasteiger partial charge is 0.489 e. The molecule has 1 unspecified atom stereocenters. The van der Waals surface area contributed by atoms with E-state index in [1.54, 1.807) is 36.4 Å². The summed E-state index contributed by atoms with van der Waals surface area (Å²) in [6.07, 6.45) is 4.74. The Morgan fingerprint density at radius 2 is 1.89 bits per heavy atom. The lowest BCUT2D eigenvalue weighted by molar-refractivity contribution is -0.136. The van der Waals surface area contributed by atoms with Gasteiger partial charge in [0.15, 0.2) is 0 Å². The smallest absolute Gasteiger partial charge is 0.307 e. The van der Waals surface area contributed by atoms with Crippen molar-refractivity contribution in [3.8, 4) is 16.9 Å². The number of hydrogen-bond acceptors (Lipinski definition) is 4. The number of nitrogens with one attached hydrogen (secondary N) is 1. The van der Waals surface area contributed by atoms with E-state index < -0.39 is 24.5 Å². The van der Waals surface area contributed by atoms with E-state index in [1.165, 1.54) is 31.7 Å². The van der Waals surface area contributed by atoms with Gasteiger partial charge in [0.1, 0.15) is 24.8 Å². The van der Waals surface area contributed by atoms with Gasteiger partial charge in [-0.1, -0.05) is 49.2 Å². The van der Waals surface area contributed by atoms with Crippen LogP contribution in [0, 0.1) is 11.7 Å². The summed E-state index contributed by atoms with van der Waals surface area (Å²) in [5.74, 6) is -0.366. The maximum Gasteiger partial charge on any atom is 0.307 e. The van der Waals surface area contributed by atoms with Crippen molar-refractivity contribution in [1.82, 2.24) is 0 Å². The van der Waals surface area contributed by atoms with Crippen LogP contribution in [0.1, 0.15) is 48.4 Å². The average Bonchev–Trinajstić information content (AvgIpc) is 3.40. The van der Waals surface area contributed by atoms with Gasteiger partial charge in [0.05, 0.1) is 12.5 Å². The molecule has 0 amide bonds. The molecule has 3 aromatic carbocycles. The second-order valence-electron chi connectivity index (χ2n) is 9.39. The quantitative estimate of drug-likeness (QED) is 0.293. The highest BCUT2D eigenvalue weighted by atomic mass is 19.1. The molecule has 4 N–H and O–H groups in total. The van der Waals surface area contributed by atoms with E-state index in [0.717, 1.165) is 17.8 Å². The number of carboxylic acid groups (broad SMARTS) is 1. The summed E-state index contributed by atoms with van der Waals surface area (Å²) in [6.45, 7) is 0.159. The number of nitrogens with two attached hydrogens (primary N) is 1. The minimum atomic E-state index is -1.03. The molecule has 1 aliphatic carbocycles. The predicted molar refractivity (Wildman–Crippen MR) is 137 cm³/mol. The normalized spacial score (nSPS) is 14.5. The Labute approximate surface area is 210 Å². The van der Waals surface area contributed by atoms with Crippen molar-refractivity contribution in [3.05, 3.63) is 83.2 Å². The van der Waals surface area contributed by atoms with Crippen LogP contribution in [0.3, 0.4) is 0 Å². The first kappa shape index (κ1) is 25.6. The van der Waals surface area contributed by atoms with Crippen molar-refractivity contribution in [2.24, 2.45) is 11.7 Å². The van der Waals surface area contributed by atoms with Crippen LogP contribution in [0.25, 0.3) is 11.1 Å². The fraction of sp³-hybridized carbons (Fsp3) is 0.345. The molecule has 0 bridgehead atoms. The molecule has 1 fully saturated rings. The van der Waals surface area contributed by atoms with Crippen LogP contribution in [-0.4, -0.2) is 24.3 Å². The fourth-order valence-corrected chi connectivity index (χ4v) is 4.77. The number of ether oxygens (including phenoxy) is 1. The minimum Gasteiger partial charge on any atom is -0.489 e. The zero-order valence-electron chi connectivity index (χ0n) is 20.2. The summed E-state index contributed by atoms with van der Waals surface area (Å²) < 4.78 is 34.5. The highest BCUT2D eigenvalue weighted by Gasteiger charge is 2.18. The SMILES string of the molecule is NC(CF)c1cccc(-c2cc(COc3ccccc3CC(=O)O)cc(NCC3CCCC3)c2)c1F. The Hall–Kier alpha value is -3.45. The van der Waals surface area contributed by atoms with Crippen molar-refractivity contribution in [2.75, 3.05) is 18.5 Å². The Morgan fingerprint density at radius 1 is 1.11 bits per heavy atom. The molecule has 0 saturated heterocycles. The number of rotatable bonds is 11. The van der Waals surface area contributed by atoms with Gasteiger partial charge in [-0.3, -0.25) is 4.79 Å². The molecule has 5 nitrogen and oxygen atoms in total. The Morgan fingerprint density at radius 3 is 2.64 bits per heavy atom. The number of anilines is 1. The number of para-hydroxylation sites is 1. The molecule has 1 atom stereocenters. The summed E-state index contributed by atoms with van der Waals surface area (Å²) in [4.78, 5) is 11.2. The molecule has 4 rings (SSSR count). The Kier molecular flexibility index (Phi) is 8.54.